The van der Waals surface area contributed by atoms with E-state index < -0.39 is 0 Å². The monoisotopic (exact) mass is 302 g/mol. The van der Waals surface area contributed by atoms with Gasteiger partial charge in [-0.1, -0.05) is 48.0 Å². The van der Waals surface area contributed by atoms with Gasteiger partial charge < -0.3 is 10.2 Å². The van der Waals surface area contributed by atoms with Gasteiger partial charge in [0.05, 0.1) is 0 Å². The van der Waals surface area contributed by atoms with E-state index in [1.54, 1.807) is 0 Å². The van der Waals surface area contributed by atoms with Crippen LogP contribution in [0.5, 0.6) is 0 Å². The highest BCUT2D eigenvalue weighted by Crippen LogP contribution is 2.18. The summed E-state index contributed by atoms with van der Waals surface area (Å²) in [5.41, 5.74) is 3.93. The van der Waals surface area contributed by atoms with Crippen molar-refractivity contribution in [1.29, 1.82) is 0 Å². The number of hydrogen-bond acceptors (Lipinski definition) is 2. The molecule has 0 saturated carbocycles. The fraction of sp³-hybridized carbons (Fsp3) is 0.333. The van der Waals surface area contributed by atoms with Crippen LogP contribution in [0.25, 0.3) is 0 Å². The molecule has 0 aliphatic rings. The van der Waals surface area contributed by atoms with Gasteiger partial charge >= 0.3 is 0 Å². The third-order valence-electron chi connectivity index (χ3n) is 3.55. The first-order valence-electron chi connectivity index (χ1n) is 7.26. The Morgan fingerprint density at radius 2 is 1.76 bits per heavy atom. The molecular weight excluding hydrogens is 280 g/mol. The number of nitrogens with zero attached hydrogens (tertiary/aromatic N) is 1. The molecule has 21 heavy (non-hydrogen) atoms. The molecule has 0 aliphatic carbocycles. The van der Waals surface area contributed by atoms with Gasteiger partial charge in [-0.25, -0.2) is 0 Å². The van der Waals surface area contributed by atoms with Crippen LogP contribution < -0.4 is 5.32 Å². The minimum absolute atomic E-state index is 0.274. The lowest BCUT2D eigenvalue weighted by atomic mass is 10.1. The molecule has 2 rings (SSSR count). The zero-order valence-electron chi connectivity index (χ0n) is 12.9. The van der Waals surface area contributed by atoms with E-state index in [2.05, 4.69) is 61.6 Å². The van der Waals surface area contributed by atoms with Crippen molar-refractivity contribution in [3.8, 4) is 0 Å². The van der Waals surface area contributed by atoms with Crippen LogP contribution in [0.2, 0.25) is 5.02 Å². The second-order valence-electron chi connectivity index (χ2n) is 5.66. The largest absolute Gasteiger partial charge is 0.306 e. The van der Waals surface area contributed by atoms with Crippen LogP contribution in [0, 0.1) is 0 Å². The third kappa shape index (κ3) is 4.85. The molecule has 0 aliphatic heterocycles. The topological polar surface area (TPSA) is 15.3 Å². The summed E-state index contributed by atoms with van der Waals surface area (Å²) in [6.07, 6.45) is 0. The highest BCUT2D eigenvalue weighted by Gasteiger charge is 2.07. The standard InChI is InChI=1S/C18H23ClN2/c1-14(15-9-6-10-18(19)11-15)20-12-16-7-4-5-8-17(16)13-21(2)3/h4-11,14,20H,12-13H2,1-3H3. The number of nitrogens with one attached hydrogen (secondary N) is 1. The smallest absolute Gasteiger partial charge is 0.0409 e. The SMILES string of the molecule is CC(NCc1ccccc1CN(C)C)c1cccc(Cl)c1. The molecular formula is C18H23ClN2. The van der Waals surface area contributed by atoms with E-state index >= 15 is 0 Å². The number of benzene rings is 2. The van der Waals surface area contributed by atoms with Gasteiger partial charge in [-0.3, -0.25) is 0 Å². The third-order valence-corrected chi connectivity index (χ3v) is 3.79. The van der Waals surface area contributed by atoms with Crippen LogP contribution in [0.4, 0.5) is 0 Å². The molecule has 1 atom stereocenters. The Hall–Kier alpha value is -1.35. The van der Waals surface area contributed by atoms with Gasteiger partial charge in [0.25, 0.3) is 0 Å². The fourth-order valence-electron chi connectivity index (χ4n) is 2.38. The van der Waals surface area contributed by atoms with Gasteiger partial charge in [0.15, 0.2) is 0 Å². The van der Waals surface area contributed by atoms with Crippen LogP contribution >= 0.6 is 11.6 Å². The molecule has 0 bridgehead atoms. The molecule has 3 heteroatoms. The van der Waals surface area contributed by atoms with Crippen LogP contribution in [-0.2, 0) is 13.1 Å². The van der Waals surface area contributed by atoms with Gasteiger partial charge in [-0.2, -0.15) is 0 Å². The lowest BCUT2D eigenvalue weighted by Crippen LogP contribution is -2.20. The number of rotatable bonds is 6. The lowest BCUT2D eigenvalue weighted by molar-refractivity contribution is 0.400. The van der Waals surface area contributed by atoms with Gasteiger partial charge in [0, 0.05) is 24.2 Å². The van der Waals surface area contributed by atoms with Crippen LogP contribution in [0.15, 0.2) is 48.5 Å². The quantitative estimate of drug-likeness (QED) is 0.858. The van der Waals surface area contributed by atoms with Crippen molar-refractivity contribution in [2.45, 2.75) is 26.1 Å². The fourth-order valence-corrected chi connectivity index (χ4v) is 2.58. The Bertz CT molecular complexity index is 581. The molecule has 1 unspecified atom stereocenters. The van der Waals surface area contributed by atoms with Crippen molar-refractivity contribution < 1.29 is 0 Å². The molecule has 2 aromatic carbocycles. The number of hydrogen-bond donors (Lipinski definition) is 1. The van der Waals surface area contributed by atoms with Crippen molar-refractivity contribution in [3.63, 3.8) is 0 Å². The Kier molecular flexibility index (Phi) is 5.80. The Morgan fingerprint density at radius 1 is 1.05 bits per heavy atom. The summed E-state index contributed by atoms with van der Waals surface area (Å²) in [6.45, 7) is 3.99. The average molecular weight is 303 g/mol. The van der Waals surface area contributed by atoms with Crippen LogP contribution in [-0.4, -0.2) is 19.0 Å². The maximum atomic E-state index is 6.06. The molecule has 0 fully saturated rings. The summed E-state index contributed by atoms with van der Waals surface area (Å²) in [4.78, 5) is 2.19. The van der Waals surface area contributed by atoms with Gasteiger partial charge in [-0.05, 0) is 49.8 Å². The van der Waals surface area contributed by atoms with E-state index in [9.17, 15) is 0 Å². The highest BCUT2D eigenvalue weighted by molar-refractivity contribution is 6.30. The average Bonchev–Trinajstić information content (AvgIpc) is 2.45. The summed E-state index contributed by atoms with van der Waals surface area (Å²) in [5, 5.41) is 4.37. The maximum absolute atomic E-state index is 6.06. The summed E-state index contributed by atoms with van der Waals surface area (Å²) in [6, 6.07) is 16.9. The summed E-state index contributed by atoms with van der Waals surface area (Å²) in [5.74, 6) is 0. The second kappa shape index (κ2) is 7.60. The van der Waals surface area contributed by atoms with Crippen LogP contribution in [0.1, 0.15) is 29.7 Å². The minimum Gasteiger partial charge on any atom is -0.306 e. The van der Waals surface area contributed by atoms with E-state index in [-0.39, 0.29) is 6.04 Å². The van der Waals surface area contributed by atoms with Gasteiger partial charge in [-0.15, -0.1) is 0 Å². The van der Waals surface area contributed by atoms with Gasteiger partial charge in [0.1, 0.15) is 0 Å². The zero-order chi connectivity index (χ0) is 15.2. The van der Waals surface area contributed by atoms with E-state index in [0.29, 0.717) is 0 Å². The summed E-state index contributed by atoms with van der Waals surface area (Å²) >= 11 is 6.06. The Labute approximate surface area is 132 Å². The van der Waals surface area contributed by atoms with Crippen molar-refractivity contribution in [2.24, 2.45) is 0 Å². The predicted octanol–water partition coefficient (Wildman–Crippen LogP) is 4.25. The maximum Gasteiger partial charge on any atom is 0.0409 e. The van der Waals surface area contributed by atoms with E-state index in [0.717, 1.165) is 18.1 Å². The Balaban J connectivity index is 2.02. The molecule has 0 aromatic heterocycles. The summed E-state index contributed by atoms with van der Waals surface area (Å²) in [7, 11) is 4.19. The minimum atomic E-state index is 0.274. The van der Waals surface area contributed by atoms with E-state index in [1.807, 2.05) is 18.2 Å². The second-order valence-corrected chi connectivity index (χ2v) is 6.10. The molecule has 0 heterocycles. The molecule has 0 spiro atoms. The van der Waals surface area contributed by atoms with Crippen molar-refractivity contribution in [3.05, 3.63) is 70.2 Å². The molecule has 0 amide bonds. The normalized spacial score (nSPS) is 12.6. The van der Waals surface area contributed by atoms with Crippen molar-refractivity contribution in [2.75, 3.05) is 14.1 Å². The molecule has 0 radical (unpaired) electrons. The first-order valence-corrected chi connectivity index (χ1v) is 7.64. The predicted molar refractivity (Wildman–Crippen MR) is 90.5 cm³/mol. The Morgan fingerprint density at radius 3 is 2.43 bits per heavy atom. The molecule has 2 nitrogen and oxygen atoms in total. The van der Waals surface area contributed by atoms with Crippen molar-refractivity contribution >= 4 is 11.6 Å². The van der Waals surface area contributed by atoms with Crippen molar-refractivity contribution in [1.82, 2.24) is 10.2 Å². The molecule has 1 N–H and O–H groups in total. The molecule has 0 saturated heterocycles. The van der Waals surface area contributed by atoms with E-state index in [4.69, 9.17) is 11.6 Å². The lowest BCUT2D eigenvalue weighted by Gasteiger charge is -2.18. The first kappa shape index (κ1) is 16.0. The summed E-state index contributed by atoms with van der Waals surface area (Å²) < 4.78 is 0. The zero-order valence-corrected chi connectivity index (χ0v) is 13.7. The molecule has 112 valence electrons. The highest BCUT2D eigenvalue weighted by atomic mass is 35.5. The number of halogens is 1. The van der Waals surface area contributed by atoms with Crippen LogP contribution in [0.3, 0.4) is 0 Å². The first-order chi connectivity index (χ1) is 10.1. The molecule has 2 aromatic rings. The van der Waals surface area contributed by atoms with Gasteiger partial charge in [0.2, 0.25) is 0 Å². The van der Waals surface area contributed by atoms with E-state index in [1.165, 1.54) is 16.7 Å².